The predicted octanol–water partition coefficient (Wildman–Crippen LogP) is 3.51. The Morgan fingerprint density at radius 1 is 0.977 bits per heavy atom. The number of carbonyl (C=O) groups excluding carboxylic acids is 2. The Bertz CT molecular complexity index is 1860. The lowest BCUT2D eigenvalue weighted by molar-refractivity contribution is 0.112. The van der Waals surface area contributed by atoms with Gasteiger partial charge in [0.2, 0.25) is 0 Å². The minimum absolute atomic E-state index is 0.106. The van der Waals surface area contributed by atoms with E-state index in [2.05, 4.69) is 39.0 Å². The van der Waals surface area contributed by atoms with Crippen LogP contribution in [0.25, 0.3) is 28.2 Å². The molecule has 1 aliphatic rings. The summed E-state index contributed by atoms with van der Waals surface area (Å²) in [6.07, 6.45) is 7.76. The maximum atomic E-state index is 10.2. The summed E-state index contributed by atoms with van der Waals surface area (Å²) in [5.74, 6) is 6.58. The van der Waals surface area contributed by atoms with Crippen molar-refractivity contribution in [1.29, 1.82) is 0 Å². The summed E-state index contributed by atoms with van der Waals surface area (Å²) in [6, 6.07) is 18.1. The molecule has 12 nitrogen and oxygen atoms in total. The van der Waals surface area contributed by atoms with E-state index in [1.165, 1.54) is 42.8 Å². The molecular weight excluding hydrogens is 558 g/mol. The maximum absolute atomic E-state index is 10.2. The molecule has 6 rings (SSSR count). The summed E-state index contributed by atoms with van der Waals surface area (Å²) in [6.45, 7) is 0. The number of aryl methyl sites for hydroxylation is 2. The maximum Gasteiger partial charge on any atom is 0.165 e. The van der Waals surface area contributed by atoms with Crippen LogP contribution in [0.4, 0.5) is 5.82 Å². The van der Waals surface area contributed by atoms with Crippen LogP contribution in [0.15, 0.2) is 77.0 Å². The predicted molar refractivity (Wildman–Crippen MR) is 173 cm³/mol. The van der Waals surface area contributed by atoms with Crippen molar-refractivity contribution >= 4 is 41.5 Å². The second-order valence-corrected chi connectivity index (χ2v) is 9.51. The first-order valence-corrected chi connectivity index (χ1v) is 13.7. The molecule has 1 aliphatic carbocycles. The van der Waals surface area contributed by atoms with Crippen molar-refractivity contribution < 1.29 is 14.7 Å². The molecule has 0 saturated carbocycles. The van der Waals surface area contributed by atoms with E-state index >= 15 is 0 Å². The van der Waals surface area contributed by atoms with Crippen LogP contribution >= 0.6 is 0 Å². The first-order valence-electron chi connectivity index (χ1n) is 13.7. The van der Waals surface area contributed by atoms with E-state index in [1.54, 1.807) is 19.5 Å². The number of phenolic OH excluding ortho intramolecular Hbond substituents is 1. The van der Waals surface area contributed by atoms with Crippen LogP contribution in [0, 0.1) is 0 Å². The van der Waals surface area contributed by atoms with E-state index in [1.807, 2.05) is 28.8 Å². The molecule has 2 aromatic carbocycles. The second kappa shape index (κ2) is 14.4. The molecule has 0 aliphatic heterocycles. The van der Waals surface area contributed by atoms with Crippen molar-refractivity contribution in [1.82, 2.24) is 19.5 Å². The number of hydrazone groups is 1. The number of phenols is 1. The van der Waals surface area contributed by atoms with E-state index in [9.17, 15) is 9.59 Å². The lowest BCUT2D eigenvalue weighted by Gasteiger charge is -2.12. The average molecular weight is 592 g/mol. The number of nitrogens with zero attached hydrogens (tertiary/aromatic N) is 6. The number of aromatic hydroxyl groups is 1. The number of aliphatic imine (C=N–C) groups is 1. The Balaban J connectivity index is 0.000000287. The highest BCUT2D eigenvalue weighted by atomic mass is 16.3. The molecule has 0 spiro atoms. The van der Waals surface area contributed by atoms with E-state index < -0.39 is 0 Å². The zero-order valence-corrected chi connectivity index (χ0v) is 24.4. The van der Waals surface area contributed by atoms with Gasteiger partial charge >= 0.3 is 0 Å². The molecule has 7 N–H and O–H groups in total. The number of fused-ring (bicyclic) bond motifs is 2. The summed E-state index contributed by atoms with van der Waals surface area (Å²) in [5.41, 5.74) is 18.3. The van der Waals surface area contributed by atoms with Crippen LogP contribution in [0.1, 0.15) is 44.0 Å². The minimum Gasteiger partial charge on any atom is -0.507 e. The number of hydrogen-bond donors (Lipinski definition) is 4. The van der Waals surface area contributed by atoms with Crippen LogP contribution < -0.4 is 17.3 Å². The lowest BCUT2D eigenvalue weighted by atomic mass is 10.1. The smallest absolute Gasteiger partial charge is 0.165 e. The fraction of sp³-hybridized carbons (Fsp3) is 0.156. The SMILES string of the molecule is CN.CN=C/C(=N\N)c1ccc2nc(-c3cccnc3N)n(-c3ccc4c(c3)CCC4)c2n1.O=Cc1ccc(O)c(C=O)c1. The first-order chi connectivity index (χ1) is 21.5. The fourth-order valence-electron chi connectivity index (χ4n) is 4.86. The van der Waals surface area contributed by atoms with Gasteiger partial charge in [0.15, 0.2) is 17.8 Å². The number of rotatable bonds is 6. The van der Waals surface area contributed by atoms with Gasteiger partial charge in [-0.2, -0.15) is 5.10 Å². The van der Waals surface area contributed by atoms with Gasteiger partial charge in [0.25, 0.3) is 0 Å². The number of nitrogens with two attached hydrogens (primary N) is 3. The number of hydrogen-bond acceptors (Lipinski definition) is 11. The van der Waals surface area contributed by atoms with Crippen molar-refractivity contribution in [3.63, 3.8) is 0 Å². The molecule has 0 saturated heterocycles. The van der Waals surface area contributed by atoms with Gasteiger partial charge < -0.3 is 22.4 Å². The second-order valence-electron chi connectivity index (χ2n) is 9.51. The van der Waals surface area contributed by atoms with Crippen molar-refractivity contribution in [3.8, 4) is 22.8 Å². The molecule has 3 heterocycles. The van der Waals surface area contributed by atoms with Gasteiger partial charge in [-0.15, -0.1) is 0 Å². The van der Waals surface area contributed by atoms with Gasteiger partial charge in [-0.3, -0.25) is 19.1 Å². The summed E-state index contributed by atoms with van der Waals surface area (Å²) in [7, 11) is 3.17. The topological polar surface area (TPSA) is 201 Å². The Labute approximate surface area is 254 Å². The molecular formula is C32H33N9O3. The number of aromatic nitrogens is 4. The highest BCUT2D eigenvalue weighted by Crippen LogP contribution is 2.32. The molecule has 0 amide bonds. The molecule has 3 aromatic heterocycles. The standard InChI is InChI=1S/C23H22N8.C8H6O3.CH5N/c1-26-13-20(30-25)18-9-10-19-23(28-18)31(16-8-7-14-4-2-5-15(14)12-16)22(29-19)17-6-3-11-27-21(17)24;9-4-6-1-2-8(11)7(3-6)5-10;1-2/h3,6-13H,2,4-5,25H2,1H3,(H2,24,27);1-5,11H;2H2,1H3/b26-13?,30-20+;;. The quantitative estimate of drug-likeness (QED) is 0.0986. The molecule has 0 fully saturated rings. The molecule has 5 aromatic rings. The minimum atomic E-state index is -0.106. The van der Waals surface area contributed by atoms with Gasteiger partial charge in [0.05, 0.1) is 23.0 Å². The van der Waals surface area contributed by atoms with Crippen LogP contribution in [-0.2, 0) is 12.8 Å². The number of benzene rings is 2. The normalized spacial score (nSPS) is 12.2. The van der Waals surface area contributed by atoms with Crippen LogP contribution in [-0.4, -0.2) is 63.2 Å². The van der Waals surface area contributed by atoms with Gasteiger partial charge in [0.1, 0.15) is 29.1 Å². The largest absolute Gasteiger partial charge is 0.507 e. The number of anilines is 1. The van der Waals surface area contributed by atoms with E-state index in [-0.39, 0.29) is 11.3 Å². The zero-order chi connectivity index (χ0) is 31.6. The first kappa shape index (κ1) is 31.2. The monoisotopic (exact) mass is 591 g/mol. The molecule has 0 atom stereocenters. The van der Waals surface area contributed by atoms with Gasteiger partial charge in [-0.05, 0) is 92.0 Å². The van der Waals surface area contributed by atoms with E-state index in [0.717, 1.165) is 29.6 Å². The Kier molecular flexibility index (Phi) is 10.2. The Morgan fingerprint density at radius 3 is 2.48 bits per heavy atom. The van der Waals surface area contributed by atoms with Crippen LogP contribution in [0.2, 0.25) is 0 Å². The van der Waals surface area contributed by atoms with E-state index in [4.69, 9.17) is 26.7 Å². The zero-order valence-electron chi connectivity index (χ0n) is 24.4. The number of pyridine rings is 2. The summed E-state index contributed by atoms with van der Waals surface area (Å²) in [5, 5.41) is 12.8. The Hall–Kier alpha value is -5.75. The third-order valence-electron chi connectivity index (χ3n) is 6.89. The number of imidazole rings is 1. The van der Waals surface area contributed by atoms with Gasteiger partial charge in [0, 0.05) is 24.5 Å². The number of aldehydes is 2. The fourth-order valence-corrected chi connectivity index (χ4v) is 4.86. The third kappa shape index (κ3) is 6.50. The van der Waals surface area contributed by atoms with Gasteiger partial charge in [-0.25, -0.2) is 15.0 Å². The number of carbonyl (C=O) groups is 2. The van der Waals surface area contributed by atoms with Crippen LogP contribution in [0.3, 0.4) is 0 Å². The van der Waals surface area contributed by atoms with Crippen molar-refractivity contribution in [2.24, 2.45) is 21.7 Å². The van der Waals surface area contributed by atoms with Crippen molar-refractivity contribution in [2.75, 3.05) is 19.8 Å². The highest BCUT2D eigenvalue weighted by molar-refractivity contribution is 6.37. The summed E-state index contributed by atoms with van der Waals surface area (Å²) < 4.78 is 2.03. The average Bonchev–Trinajstić information content (AvgIpc) is 3.69. The molecule has 224 valence electrons. The number of nitrogen functional groups attached to an aromatic ring is 1. The molecule has 12 heteroatoms. The molecule has 0 unspecified atom stereocenters. The molecule has 0 bridgehead atoms. The van der Waals surface area contributed by atoms with E-state index in [0.29, 0.717) is 46.8 Å². The van der Waals surface area contributed by atoms with Crippen LogP contribution in [0.5, 0.6) is 5.75 Å². The third-order valence-corrected chi connectivity index (χ3v) is 6.89. The highest BCUT2D eigenvalue weighted by Gasteiger charge is 2.20. The summed E-state index contributed by atoms with van der Waals surface area (Å²) >= 11 is 0. The molecule has 44 heavy (non-hydrogen) atoms. The van der Waals surface area contributed by atoms with Gasteiger partial charge in [-0.1, -0.05) is 6.07 Å². The van der Waals surface area contributed by atoms with Crippen molar-refractivity contribution in [2.45, 2.75) is 19.3 Å². The molecule has 0 radical (unpaired) electrons. The van der Waals surface area contributed by atoms with Crippen molar-refractivity contribution in [3.05, 3.63) is 94.8 Å². The lowest BCUT2D eigenvalue weighted by Crippen LogP contribution is -2.09. The Morgan fingerprint density at radius 2 is 1.77 bits per heavy atom. The summed E-state index contributed by atoms with van der Waals surface area (Å²) in [4.78, 5) is 38.4.